The zero-order valence-electron chi connectivity index (χ0n) is 14.2. The average molecular weight is 349 g/mol. The van der Waals surface area contributed by atoms with Crippen molar-refractivity contribution in [3.63, 3.8) is 0 Å². The lowest BCUT2D eigenvalue weighted by molar-refractivity contribution is -0.127. The molecular formula is C15H23N7OS. The Balaban J connectivity index is 1.91. The molecule has 24 heavy (non-hydrogen) atoms. The highest BCUT2D eigenvalue weighted by Crippen LogP contribution is 2.08. The Labute approximate surface area is 145 Å². The van der Waals surface area contributed by atoms with Gasteiger partial charge >= 0.3 is 0 Å². The summed E-state index contributed by atoms with van der Waals surface area (Å²) in [5.41, 5.74) is 0. The SMILES string of the molecule is CN(C)C(=O)CNC(=NCc1ncnn1C)NCCc1cccs1. The molecule has 0 radical (unpaired) electrons. The molecule has 0 atom stereocenters. The van der Waals surface area contributed by atoms with Gasteiger partial charge in [0.25, 0.3) is 0 Å². The molecule has 0 saturated carbocycles. The normalized spacial score (nSPS) is 11.4. The van der Waals surface area contributed by atoms with Crippen molar-refractivity contribution in [3.8, 4) is 0 Å². The van der Waals surface area contributed by atoms with Gasteiger partial charge in [-0.1, -0.05) is 6.07 Å². The third-order valence-electron chi connectivity index (χ3n) is 3.33. The van der Waals surface area contributed by atoms with Gasteiger partial charge in [-0.3, -0.25) is 9.48 Å². The summed E-state index contributed by atoms with van der Waals surface area (Å²) in [6, 6.07) is 4.14. The van der Waals surface area contributed by atoms with Crippen molar-refractivity contribution in [3.05, 3.63) is 34.5 Å². The fourth-order valence-electron chi connectivity index (χ4n) is 1.86. The van der Waals surface area contributed by atoms with Crippen LogP contribution < -0.4 is 10.6 Å². The van der Waals surface area contributed by atoms with Gasteiger partial charge in [0.1, 0.15) is 18.7 Å². The lowest BCUT2D eigenvalue weighted by atomic mass is 10.3. The highest BCUT2D eigenvalue weighted by Gasteiger charge is 2.07. The topological polar surface area (TPSA) is 87.4 Å². The van der Waals surface area contributed by atoms with Crippen LogP contribution in [0.25, 0.3) is 0 Å². The minimum Gasteiger partial charge on any atom is -0.356 e. The number of rotatable bonds is 7. The monoisotopic (exact) mass is 349 g/mol. The molecule has 2 aromatic rings. The van der Waals surface area contributed by atoms with Crippen LogP contribution in [0.1, 0.15) is 10.7 Å². The van der Waals surface area contributed by atoms with E-state index < -0.39 is 0 Å². The van der Waals surface area contributed by atoms with E-state index in [4.69, 9.17) is 0 Å². The molecule has 0 aliphatic heterocycles. The van der Waals surface area contributed by atoms with E-state index in [0.29, 0.717) is 12.5 Å². The number of nitrogens with one attached hydrogen (secondary N) is 2. The van der Waals surface area contributed by atoms with Gasteiger partial charge in [0, 0.05) is 32.6 Å². The molecule has 0 unspecified atom stereocenters. The van der Waals surface area contributed by atoms with Crippen molar-refractivity contribution in [2.75, 3.05) is 27.2 Å². The smallest absolute Gasteiger partial charge is 0.241 e. The number of hydrogen-bond donors (Lipinski definition) is 2. The number of thiophene rings is 1. The number of carbonyl (C=O) groups excluding carboxylic acids is 1. The average Bonchev–Trinajstić information content (AvgIpc) is 3.20. The first-order valence-electron chi connectivity index (χ1n) is 7.64. The second kappa shape index (κ2) is 9.02. The molecule has 0 aliphatic rings. The maximum absolute atomic E-state index is 11.8. The molecule has 2 rings (SSSR count). The molecule has 1 amide bonds. The number of aliphatic imine (C=N–C) groups is 1. The van der Waals surface area contributed by atoms with Gasteiger partial charge < -0.3 is 15.5 Å². The van der Waals surface area contributed by atoms with Crippen LogP contribution in [-0.4, -0.2) is 58.7 Å². The van der Waals surface area contributed by atoms with E-state index in [1.165, 1.54) is 11.2 Å². The van der Waals surface area contributed by atoms with Gasteiger partial charge in [0.05, 0.1) is 6.54 Å². The number of amides is 1. The second-order valence-corrected chi connectivity index (χ2v) is 6.39. The fourth-order valence-corrected chi connectivity index (χ4v) is 2.57. The minimum atomic E-state index is -0.0126. The molecule has 0 spiro atoms. The zero-order chi connectivity index (χ0) is 17.4. The van der Waals surface area contributed by atoms with E-state index in [0.717, 1.165) is 18.8 Å². The third kappa shape index (κ3) is 5.65. The Morgan fingerprint density at radius 1 is 1.42 bits per heavy atom. The first-order chi connectivity index (χ1) is 11.6. The fraction of sp³-hybridized carbons (Fsp3) is 0.467. The molecule has 130 valence electrons. The van der Waals surface area contributed by atoms with Crippen molar-refractivity contribution in [2.24, 2.45) is 12.0 Å². The third-order valence-corrected chi connectivity index (χ3v) is 4.27. The van der Waals surface area contributed by atoms with Crippen molar-refractivity contribution < 1.29 is 4.79 Å². The summed E-state index contributed by atoms with van der Waals surface area (Å²) < 4.78 is 1.68. The maximum atomic E-state index is 11.8. The summed E-state index contributed by atoms with van der Waals surface area (Å²) in [4.78, 5) is 23.2. The van der Waals surface area contributed by atoms with Crippen molar-refractivity contribution >= 4 is 23.2 Å². The highest BCUT2D eigenvalue weighted by atomic mass is 32.1. The van der Waals surface area contributed by atoms with Gasteiger partial charge in [0.2, 0.25) is 5.91 Å². The standard InChI is InChI=1S/C15H23N7OS/c1-21(2)14(23)10-18-15(16-7-6-12-5-4-8-24-12)17-9-13-19-11-20-22(13)3/h4-5,8,11H,6-7,9-10H2,1-3H3,(H2,16,17,18). The summed E-state index contributed by atoms with van der Waals surface area (Å²) in [6.45, 7) is 1.32. The Morgan fingerprint density at radius 2 is 2.25 bits per heavy atom. The first-order valence-corrected chi connectivity index (χ1v) is 8.52. The Kier molecular flexibility index (Phi) is 6.74. The number of nitrogens with zero attached hydrogens (tertiary/aromatic N) is 5. The largest absolute Gasteiger partial charge is 0.356 e. The number of aromatic nitrogens is 3. The molecule has 0 bridgehead atoms. The Hall–Kier alpha value is -2.42. The van der Waals surface area contributed by atoms with Gasteiger partial charge in [-0.2, -0.15) is 5.10 Å². The molecule has 0 aliphatic carbocycles. The van der Waals surface area contributed by atoms with E-state index in [1.807, 2.05) is 13.1 Å². The number of carbonyl (C=O) groups is 1. The van der Waals surface area contributed by atoms with Crippen LogP contribution in [-0.2, 0) is 24.8 Å². The highest BCUT2D eigenvalue weighted by molar-refractivity contribution is 7.09. The van der Waals surface area contributed by atoms with Crippen molar-refractivity contribution in [2.45, 2.75) is 13.0 Å². The summed E-state index contributed by atoms with van der Waals surface area (Å²) in [5, 5.41) is 12.4. The van der Waals surface area contributed by atoms with Crippen LogP contribution in [0.4, 0.5) is 0 Å². The molecule has 8 nitrogen and oxygen atoms in total. The summed E-state index contributed by atoms with van der Waals surface area (Å²) >= 11 is 1.73. The van der Waals surface area contributed by atoms with Crippen LogP contribution in [0, 0.1) is 0 Å². The molecule has 0 aromatic carbocycles. The molecule has 2 N–H and O–H groups in total. The predicted octanol–water partition coefficient (Wildman–Crippen LogP) is 0.243. The summed E-state index contributed by atoms with van der Waals surface area (Å²) in [6.07, 6.45) is 2.40. The number of aryl methyl sites for hydroxylation is 1. The van der Waals surface area contributed by atoms with Crippen molar-refractivity contribution in [1.29, 1.82) is 0 Å². The van der Waals surface area contributed by atoms with Gasteiger partial charge in [0.15, 0.2) is 5.96 Å². The molecule has 0 fully saturated rings. The van der Waals surface area contributed by atoms with Crippen LogP contribution in [0.3, 0.4) is 0 Å². The molecule has 2 aromatic heterocycles. The van der Waals surface area contributed by atoms with E-state index in [9.17, 15) is 4.79 Å². The van der Waals surface area contributed by atoms with E-state index >= 15 is 0 Å². The summed E-state index contributed by atoms with van der Waals surface area (Å²) in [5.74, 6) is 1.33. The molecular weight excluding hydrogens is 326 g/mol. The van der Waals surface area contributed by atoms with E-state index in [1.54, 1.807) is 35.0 Å². The van der Waals surface area contributed by atoms with Crippen LogP contribution in [0.15, 0.2) is 28.8 Å². The van der Waals surface area contributed by atoms with Crippen LogP contribution in [0.5, 0.6) is 0 Å². The quantitative estimate of drug-likeness (QED) is 0.552. The van der Waals surface area contributed by atoms with Gasteiger partial charge in [-0.25, -0.2) is 9.98 Å². The number of hydrogen-bond acceptors (Lipinski definition) is 5. The second-order valence-electron chi connectivity index (χ2n) is 5.36. The Bertz CT molecular complexity index is 663. The van der Waals surface area contributed by atoms with Crippen LogP contribution in [0.2, 0.25) is 0 Å². The molecule has 9 heteroatoms. The minimum absolute atomic E-state index is 0.0126. The van der Waals surface area contributed by atoms with Gasteiger partial charge in [-0.05, 0) is 17.9 Å². The van der Waals surface area contributed by atoms with E-state index in [2.05, 4.69) is 37.2 Å². The molecule has 2 heterocycles. The number of guanidine groups is 1. The lowest BCUT2D eigenvalue weighted by Crippen LogP contribution is -2.43. The number of likely N-dealkylation sites (N-methyl/N-ethyl adjacent to an activating group) is 1. The zero-order valence-corrected chi connectivity index (χ0v) is 15.0. The molecule has 0 saturated heterocycles. The van der Waals surface area contributed by atoms with E-state index in [-0.39, 0.29) is 12.5 Å². The van der Waals surface area contributed by atoms with Gasteiger partial charge in [-0.15, -0.1) is 11.3 Å². The van der Waals surface area contributed by atoms with Crippen LogP contribution >= 0.6 is 11.3 Å². The summed E-state index contributed by atoms with van der Waals surface area (Å²) in [7, 11) is 5.28. The predicted molar refractivity (Wildman–Crippen MR) is 94.9 cm³/mol. The lowest BCUT2D eigenvalue weighted by Gasteiger charge is -2.14. The maximum Gasteiger partial charge on any atom is 0.241 e. The first kappa shape index (κ1) is 17.9. The Morgan fingerprint density at radius 3 is 2.88 bits per heavy atom. The van der Waals surface area contributed by atoms with Crippen molar-refractivity contribution in [1.82, 2.24) is 30.3 Å².